The zero-order chi connectivity index (χ0) is 8.48. The Morgan fingerprint density at radius 2 is 2.27 bits per heavy atom. The molecule has 1 rings (SSSR count). The van der Waals surface area contributed by atoms with E-state index in [9.17, 15) is 12.8 Å². The maximum Gasteiger partial charge on any atom is 0.309 e. The van der Waals surface area contributed by atoms with Gasteiger partial charge in [-0.25, -0.2) is 18.5 Å². The molecule has 0 saturated heterocycles. The summed E-state index contributed by atoms with van der Waals surface area (Å²) < 4.78 is 33.0. The van der Waals surface area contributed by atoms with Crippen LogP contribution < -0.4 is 5.14 Å². The van der Waals surface area contributed by atoms with Gasteiger partial charge in [0.15, 0.2) is 0 Å². The summed E-state index contributed by atoms with van der Waals surface area (Å²) in [7, 11) is -3.87. The van der Waals surface area contributed by atoms with Crippen LogP contribution in [0.1, 0.15) is 0 Å². The highest BCUT2D eigenvalue weighted by molar-refractivity contribution is 7.89. The topological polar surface area (TPSA) is 85.9 Å². The molecule has 0 amide bonds. The summed E-state index contributed by atoms with van der Waals surface area (Å²) >= 11 is 0. The lowest BCUT2D eigenvalue weighted by Crippen LogP contribution is -2.13. The molecule has 11 heavy (non-hydrogen) atoms. The standard InChI is InChI=1S/C4H3FN3O2S/c5-4-7-1-3(2-8-4)11(6,9)10/h1H,(H2,6,9,10). The molecule has 0 aliphatic carbocycles. The predicted molar refractivity (Wildman–Crippen MR) is 32.2 cm³/mol. The maximum absolute atomic E-state index is 12.0. The molecule has 1 aromatic rings. The molecular formula is C4H3FN3O2S. The minimum atomic E-state index is -3.87. The van der Waals surface area contributed by atoms with Gasteiger partial charge in [-0.3, -0.25) is 0 Å². The van der Waals surface area contributed by atoms with Crippen molar-refractivity contribution in [3.63, 3.8) is 0 Å². The number of rotatable bonds is 1. The van der Waals surface area contributed by atoms with Gasteiger partial charge >= 0.3 is 6.08 Å². The van der Waals surface area contributed by atoms with E-state index < -0.39 is 21.0 Å². The first-order chi connectivity index (χ1) is 5.00. The average Bonchev–Trinajstić information content (AvgIpc) is 1.86. The molecule has 0 aliphatic heterocycles. The molecule has 1 heterocycles. The van der Waals surface area contributed by atoms with Gasteiger partial charge in [0.1, 0.15) is 11.1 Å². The molecule has 0 bridgehead atoms. The Bertz CT molecular complexity index is 346. The fourth-order valence-electron chi connectivity index (χ4n) is 0.408. The molecule has 0 unspecified atom stereocenters. The van der Waals surface area contributed by atoms with Crippen LogP contribution in [0.5, 0.6) is 0 Å². The van der Waals surface area contributed by atoms with Crippen LogP contribution >= 0.6 is 0 Å². The van der Waals surface area contributed by atoms with E-state index in [1.165, 1.54) is 0 Å². The van der Waals surface area contributed by atoms with Crippen molar-refractivity contribution in [3.05, 3.63) is 18.5 Å². The van der Waals surface area contributed by atoms with Crippen molar-refractivity contribution in [2.75, 3.05) is 0 Å². The van der Waals surface area contributed by atoms with Gasteiger partial charge in [-0.2, -0.15) is 9.37 Å². The highest BCUT2D eigenvalue weighted by Crippen LogP contribution is 1.99. The van der Waals surface area contributed by atoms with E-state index in [0.29, 0.717) is 0 Å². The van der Waals surface area contributed by atoms with E-state index >= 15 is 0 Å². The molecule has 7 heteroatoms. The van der Waals surface area contributed by atoms with E-state index in [1.807, 2.05) is 6.20 Å². The highest BCUT2D eigenvalue weighted by atomic mass is 32.2. The van der Waals surface area contributed by atoms with Gasteiger partial charge in [0, 0.05) is 0 Å². The summed E-state index contributed by atoms with van der Waals surface area (Å²) in [6.07, 6.45) is 1.58. The number of hydrogen-bond donors (Lipinski definition) is 1. The van der Waals surface area contributed by atoms with E-state index in [4.69, 9.17) is 0 Å². The van der Waals surface area contributed by atoms with E-state index in [-0.39, 0.29) is 0 Å². The SMILES string of the molecule is NS(=O)(=O)c1[c]nc(F)nc1. The summed E-state index contributed by atoms with van der Waals surface area (Å²) in [5.74, 6) is 0. The molecule has 0 atom stereocenters. The average molecular weight is 176 g/mol. The number of nitrogens with zero attached hydrogens (tertiary/aromatic N) is 2. The Labute approximate surface area is 62.1 Å². The van der Waals surface area contributed by atoms with Crippen molar-refractivity contribution >= 4 is 10.0 Å². The monoisotopic (exact) mass is 176 g/mol. The second kappa shape index (κ2) is 2.51. The van der Waals surface area contributed by atoms with Crippen molar-refractivity contribution in [1.82, 2.24) is 9.97 Å². The quantitative estimate of drug-likeness (QED) is 0.559. The van der Waals surface area contributed by atoms with Gasteiger partial charge in [0.05, 0.1) is 6.20 Å². The van der Waals surface area contributed by atoms with Gasteiger partial charge in [-0.05, 0) is 0 Å². The fraction of sp³-hybridized carbons (Fsp3) is 0. The molecule has 5 nitrogen and oxygen atoms in total. The van der Waals surface area contributed by atoms with Crippen LogP contribution in [0.2, 0.25) is 0 Å². The zero-order valence-corrected chi connectivity index (χ0v) is 5.97. The number of nitrogens with two attached hydrogens (primary N) is 1. The third kappa shape index (κ3) is 1.92. The number of primary sulfonamides is 1. The van der Waals surface area contributed by atoms with Crippen LogP contribution in [-0.4, -0.2) is 18.4 Å². The molecule has 2 N–H and O–H groups in total. The van der Waals surface area contributed by atoms with Crippen molar-refractivity contribution < 1.29 is 12.8 Å². The van der Waals surface area contributed by atoms with Gasteiger partial charge < -0.3 is 0 Å². The molecule has 0 aromatic carbocycles. The minimum Gasteiger partial charge on any atom is -0.225 e. The zero-order valence-electron chi connectivity index (χ0n) is 5.15. The molecule has 0 fully saturated rings. The molecule has 0 aliphatic rings. The van der Waals surface area contributed by atoms with E-state index in [1.54, 1.807) is 0 Å². The molecule has 59 valence electrons. The Kier molecular flexibility index (Phi) is 1.83. The first-order valence-corrected chi connectivity index (χ1v) is 3.98. The van der Waals surface area contributed by atoms with Crippen LogP contribution in [0, 0.1) is 12.3 Å². The summed E-state index contributed by atoms with van der Waals surface area (Å²) in [5.41, 5.74) is 0. The van der Waals surface area contributed by atoms with Crippen LogP contribution in [0.3, 0.4) is 0 Å². The molecule has 1 aromatic heterocycles. The smallest absolute Gasteiger partial charge is 0.225 e. The highest BCUT2D eigenvalue weighted by Gasteiger charge is 2.08. The molecular weight excluding hydrogens is 173 g/mol. The van der Waals surface area contributed by atoms with Crippen LogP contribution in [0.15, 0.2) is 11.1 Å². The third-order valence-corrected chi connectivity index (χ3v) is 1.66. The van der Waals surface area contributed by atoms with Crippen LogP contribution in [-0.2, 0) is 10.0 Å². The van der Waals surface area contributed by atoms with Crippen molar-refractivity contribution in [1.29, 1.82) is 0 Å². The summed E-state index contributed by atoms with van der Waals surface area (Å²) in [6, 6.07) is 0. The summed E-state index contributed by atoms with van der Waals surface area (Å²) in [4.78, 5) is 5.43. The summed E-state index contributed by atoms with van der Waals surface area (Å²) in [5, 5.41) is 4.65. The molecule has 0 saturated carbocycles. The van der Waals surface area contributed by atoms with Gasteiger partial charge in [0.25, 0.3) is 0 Å². The molecule has 0 spiro atoms. The Morgan fingerprint density at radius 3 is 2.64 bits per heavy atom. The Morgan fingerprint density at radius 1 is 1.64 bits per heavy atom. The van der Waals surface area contributed by atoms with Gasteiger partial charge in [0.2, 0.25) is 10.0 Å². The second-order valence-corrected chi connectivity index (χ2v) is 3.19. The minimum absolute atomic E-state index is 0.432. The predicted octanol–water partition coefficient (Wildman–Crippen LogP) is -0.937. The fourth-order valence-corrected chi connectivity index (χ4v) is 0.780. The van der Waals surface area contributed by atoms with Crippen LogP contribution in [0.4, 0.5) is 4.39 Å². The second-order valence-electron chi connectivity index (χ2n) is 1.66. The van der Waals surface area contributed by atoms with Crippen molar-refractivity contribution in [3.8, 4) is 0 Å². The summed E-state index contributed by atoms with van der Waals surface area (Å²) in [6.45, 7) is 0. The van der Waals surface area contributed by atoms with Crippen molar-refractivity contribution in [2.45, 2.75) is 4.90 Å². The number of halogens is 1. The first-order valence-electron chi connectivity index (χ1n) is 2.43. The lowest BCUT2D eigenvalue weighted by Gasteiger charge is -1.92. The lowest BCUT2D eigenvalue weighted by molar-refractivity contribution is 0.531. The normalized spacial score (nSPS) is 11.5. The maximum atomic E-state index is 12.0. The number of sulfonamides is 1. The number of aromatic nitrogens is 2. The third-order valence-electron chi connectivity index (χ3n) is 0.853. The first kappa shape index (κ1) is 8.02. The van der Waals surface area contributed by atoms with E-state index in [2.05, 4.69) is 15.1 Å². The van der Waals surface area contributed by atoms with Crippen molar-refractivity contribution in [2.24, 2.45) is 5.14 Å². The Hall–Kier alpha value is -1.08. The largest absolute Gasteiger partial charge is 0.309 e. The van der Waals surface area contributed by atoms with Gasteiger partial charge in [-0.1, -0.05) is 0 Å². The van der Waals surface area contributed by atoms with Gasteiger partial charge in [-0.15, -0.1) is 0 Å². The molecule has 1 radical (unpaired) electrons. The number of hydrogen-bond acceptors (Lipinski definition) is 4. The lowest BCUT2D eigenvalue weighted by atomic mass is 10.7. The van der Waals surface area contributed by atoms with Crippen LogP contribution in [0.25, 0.3) is 0 Å². The van der Waals surface area contributed by atoms with E-state index in [0.717, 1.165) is 6.20 Å². The Balaban J connectivity index is 3.20.